The van der Waals surface area contributed by atoms with Gasteiger partial charge in [0.2, 0.25) is 0 Å². The first-order valence-electron chi connectivity index (χ1n) is 10.1. The smallest absolute Gasteiger partial charge is 0.325 e. The summed E-state index contributed by atoms with van der Waals surface area (Å²) in [6.07, 6.45) is 1.27. The summed E-state index contributed by atoms with van der Waals surface area (Å²) in [5.41, 5.74) is 2.03. The van der Waals surface area contributed by atoms with Crippen molar-refractivity contribution in [1.82, 2.24) is 29.9 Å². The molecule has 0 amide bonds. The second-order valence-electron chi connectivity index (χ2n) is 7.75. The minimum Gasteiger partial charge on any atom is -0.371 e. The number of nitrogens with zero attached hydrogens (tertiary/aromatic N) is 4. The molecule has 0 saturated heterocycles. The van der Waals surface area contributed by atoms with Crippen molar-refractivity contribution in [2.45, 2.75) is 31.2 Å². The summed E-state index contributed by atoms with van der Waals surface area (Å²) < 4.78 is 27.1. The molecule has 1 saturated carbocycles. The standard InChI is InChI=1S/C21H19F2N7O2.CH3.U/c1-24-19-14(6-16(28-29-19)15-8-25-21(32)27-20(15)31)13-5-12(13)10-2-3-11-7-26-30(9-18(22)23)17(11)4-10;;/h2-4,6-8,12-13,18H,5,9H2,1H3,(H,24,29)(H2,25,27,31,32);1H3;/q;-1;/t12?,13-;;/m1../s1. The van der Waals surface area contributed by atoms with Crippen LogP contribution in [0.15, 0.2) is 46.2 Å². The molecule has 34 heavy (non-hydrogen) atoms. The zero-order valence-electron chi connectivity index (χ0n) is 18.5. The molecule has 176 valence electrons. The van der Waals surface area contributed by atoms with Gasteiger partial charge in [0.05, 0.1) is 17.3 Å². The molecule has 1 aliphatic rings. The van der Waals surface area contributed by atoms with Crippen molar-refractivity contribution in [3.05, 3.63) is 76.1 Å². The Balaban J connectivity index is 0.00000162. The van der Waals surface area contributed by atoms with Crippen LogP contribution in [-0.2, 0) is 6.54 Å². The van der Waals surface area contributed by atoms with Crippen LogP contribution in [0.25, 0.3) is 22.2 Å². The van der Waals surface area contributed by atoms with Gasteiger partial charge in [0.1, 0.15) is 12.2 Å². The Kier molecular flexibility index (Phi) is 7.73. The molecule has 5 rings (SSSR count). The van der Waals surface area contributed by atoms with E-state index in [1.807, 2.05) is 18.2 Å². The van der Waals surface area contributed by atoms with Gasteiger partial charge in [-0.05, 0) is 36.0 Å². The summed E-state index contributed by atoms with van der Waals surface area (Å²) in [7, 11) is 1.74. The van der Waals surface area contributed by atoms with E-state index >= 15 is 0 Å². The van der Waals surface area contributed by atoms with Gasteiger partial charge in [-0.15, -0.1) is 10.2 Å². The van der Waals surface area contributed by atoms with Gasteiger partial charge in [0.25, 0.3) is 12.0 Å². The third-order valence-corrected chi connectivity index (χ3v) is 5.75. The Hall–Kier alpha value is -2.84. The molecular formula is C22H22F2N7O2U-. The van der Waals surface area contributed by atoms with E-state index in [2.05, 4.69) is 30.6 Å². The van der Waals surface area contributed by atoms with E-state index in [0.717, 1.165) is 22.9 Å². The average molecular weight is 692 g/mol. The fraction of sp³-hybridized carbons (Fsp3) is 0.273. The fourth-order valence-corrected chi connectivity index (χ4v) is 4.12. The molecule has 9 nitrogen and oxygen atoms in total. The fourth-order valence-electron chi connectivity index (χ4n) is 4.12. The predicted octanol–water partition coefficient (Wildman–Crippen LogP) is 2.90. The van der Waals surface area contributed by atoms with Crippen molar-refractivity contribution in [3.8, 4) is 11.3 Å². The van der Waals surface area contributed by atoms with Gasteiger partial charge in [0, 0.05) is 55.3 Å². The molecule has 12 heteroatoms. The molecule has 0 radical (unpaired) electrons. The van der Waals surface area contributed by atoms with Crippen LogP contribution in [-0.4, -0.2) is 43.4 Å². The molecule has 1 aromatic carbocycles. The molecule has 0 spiro atoms. The number of hydrogen-bond donors (Lipinski definition) is 3. The van der Waals surface area contributed by atoms with Crippen molar-refractivity contribution < 1.29 is 39.9 Å². The van der Waals surface area contributed by atoms with E-state index in [1.54, 1.807) is 19.3 Å². The number of hydrogen-bond acceptors (Lipinski definition) is 6. The maximum atomic E-state index is 12.9. The second kappa shape index (κ2) is 10.2. The summed E-state index contributed by atoms with van der Waals surface area (Å²) in [6, 6.07) is 7.59. The zero-order valence-corrected chi connectivity index (χ0v) is 22.6. The van der Waals surface area contributed by atoms with Crippen molar-refractivity contribution in [2.24, 2.45) is 0 Å². The normalized spacial score (nSPS) is 16.7. The molecule has 3 N–H and O–H groups in total. The summed E-state index contributed by atoms with van der Waals surface area (Å²) in [5.74, 6) is 0.899. The number of aromatic nitrogens is 6. The van der Waals surface area contributed by atoms with Gasteiger partial charge in [-0.3, -0.25) is 14.5 Å². The van der Waals surface area contributed by atoms with E-state index in [0.29, 0.717) is 17.0 Å². The second-order valence-corrected chi connectivity index (χ2v) is 7.75. The van der Waals surface area contributed by atoms with Gasteiger partial charge in [-0.2, -0.15) is 5.10 Å². The predicted molar refractivity (Wildman–Crippen MR) is 121 cm³/mol. The summed E-state index contributed by atoms with van der Waals surface area (Å²) >= 11 is 0. The number of alkyl halides is 2. The molecule has 1 aliphatic carbocycles. The molecule has 4 aromatic rings. The number of halogens is 2. The van der Waals surface area contributed by atoms with Crippen molar-refractivity contribution in [1.29, 1.82) is 0 Å². The van der Waals surface area contributed by atoms with Crippen LogP contribution >= 0.6 is 0 Å². The van der Waals surface area contributed by atoms with Crippen LogP contribution in [0.1, 0.15) is 29.4 Å². The molecule has 0 aliphatic heterocycles. The zero-order chi connectivity index (χ0) is 22.4. The largest absolute Gasteiger partial charge is 0.371 e. The van der Waals surface area contributed by atoms with Gasteiger partial charge in [0.15, 0.2) is 5.82 Å². The third kappa shape index (κ3) is 4.84. The maximum Gasteiger partial charge on any atom is 0.325 e. The monoisotopic (exact) mass is 692 g/mol. The molecular weight excluding hydrogens is 670 g/mol. The summed E-state index contributed by atoms with van der Waals surface area (Å²) in [6.45, 7) is -0.448. The summed E-state index contributed by atoms with van der Waals surface area (Å²) in [5, 5.41) is 16.2. The first-order valence-corrected chi connectivity index (χ1v) is 10.1. The van der Waals surface area contributed by atoms with Crippen molar-refractivity contribution in [3.63, 3.8) is 0 Å². The van der Waals surface area contributed by atoms with Crippen LogP contribution in [0.2, 0.25) is 0 Å². The van der Waals surface area contributed by atoms with E-state index < -0.39 is 24.2 Å². The van der Waals surface area contributed by atoms with E-state index in [-0.39, 0.29) is 55.9 Å². The van der Waals surface area contributed by atoms with Crippen LogP contribution in [0.3, 0.4) is 0 Å². The molecule has 2 atom stereocenters. The number of benzene rings is 1. The third-order valence-electron chi connectivity index (χ3n) is 5.75. The van der Waals surface area contributed by atoms with Crippen LogP contribution in [0, 0.1) is 38.5 Å². The summed E-state index contributed by atoms with van der Waals surface area (Å²) in [4.78, 5) is 28.1. The van der Waals surface area contributed by atoms with Crippen LogP contribution in [0.5, 0.6) is 0 Å². The number of aromatic amines is 2. The number of anilines is 1. The maximum absolute atomic E-state index is 12.9. The number of nitrogens with one attached hydrogen (secondary N) is 3. The van der Waals surface area contributed by atoms with Gasteiger partial charge in [-0.25, -0.2) is 13.6 Å². The van der Waals surface area contributed by atoms with E-state index in [1.165, 1.54) is 10.9 Å². The van der Waals surface area contributed by atoms with Crippen LogP contribution in [0.4, 0.5) is 14.6 Å². The number of rotatable bonds is 6. The molecule has 1 fully saturated rings. The van der Waals surface area contributed by atoms with Crippen LogP contribution < -0.4 is 16.6 Å². The van der Waals surface area contributed by atoms with Gasteiger partial charge < -0.3 is 17.7 Å². The van der Waals surface area contributed by atoms with Gasteiger partial charge >= 0.3 is 5.69 Å². The molecule has 3 aromatic heterocycles. The molecule has 1 unspecified atom stereocenters. The Morgan fingerprint density at radius 3 is 2.71 bits per heavy atom. The first kappa shape index (κ1) is 25.8. The Bertz CT molecular complexity index is 1430. The minimum atomic E-state index is -2.48. The first-order chi connectivity index (χ1) is 15.4. The average Bonchev–Trinajstić information content (AvgIpc) is 3.48. The topological polar surface area (TPSA) is 121 Å². The quantitative estimate of drug-likeness (QED) is 0.268. The number of fused-ring (bicyclic) bond motifs is 1. The van der Waals surface area contributed by atoms with Crippen molar-refractivity contribution in [2.75, 3.05) is 12.4 Å². The van der Waals surface area contributed by atoms with E-state index in [4.69, 9.17) is 0 Å². The van der Waals surface area contributed by atoms with Gasteiger partial charge in [-0.1, -0.05) is 12.1 Å². The van der Waals surface area contributed by atoms with Crippen molar-refractivity contribution >= 4 is 16.7 Å². The number of H-pyrrole nitrogens is 2. The molecule has 3 heterocycles. The van der Waals surface area contributed by atoms with E-state index in [9.17, 15) is 18.4 Å². The minimum absolute atomic E-state index is 0. The Morgan fingerprint density at radius 1 is 1.21 bits per heavy atom. The SMILES string of the molecule is CNc1nnc(-c2c[nH]c(=O)[nH]c2=O)cc1[C@@H]1CC1c1ccc2cnn(CC(F)F)c2c1.[CH3-].[U]. The Labute approximate surface area is 216 Å². The molecule has 0 bridgehead atoms. The Morgan fingerprint density at radius 2 is 2.00 bits per heavy atom.